The highest BCUT2D eigenvalue weighted by atomic mass is 32.2. The van der Waals surface area contributed by atoms with Gasteiger partial charge >= 0.3 is 0 Å². The minimum Gasteiger partial charge on any atom is -0.493 e. The summed E-state index contributed by atoms with van der Waals surface area (Å²) in [7, 11) is -0.811. The Morgan fingerprint density at radius 3 is 2.35 bits per heavy atom. The molecule has 26 heavy (non-hydrogen) atoms. The van der Waals surface area contributed by atoms with Crippen LogP contribution < -0.4 is 19.1 Å². The Kier molecular flexibility index (Phi) is 5.51. The maximum Gasteiger partial charge on any atom is 0.263 e. The lowest BCUT2D eigenvalue weighted by Gasteiger charge is -2.28. The van der Waals surface area contributed by atoms with E-state index in [0.717, 1.165) is 18.8 Å². The van der Waals surface area contributed by atoms with Crippen LogP contribution in [0.15, 0.2) is 41.4 Å². The number of pyridine rings is 1. The van der Waals surface area contributed by atoms with Crippen LogP contribution in [0.4, 0.5) is 11.5 Å². The maximum absolute atomic E-state index is 12.6. The second-order valence-electron chi connectivity index (χ2n) is 6.07. The summed E-state index contributed by atoms with van der Waals surface area (Å²) in [5.74, 6) is 1.10. The first-order chi connectivity index (χ1) is 12.5. The molecule has 8 heteroatoms. The van der Waals surface area contributed by atoms with Crippen LogP contribution in [0, 0.1) is 0 Å². The molecule has 1 aliphatic heterocycles. The second-order valence-corrected chi connectivity index (χ2v) is 7.75. The lowest BCUT2D eigenvalue weighted by Crippen LogP contribution is -2.29. The van der Waals surface area contributed by atoms with Gasteiger partial charge in [0, 0.05) is 19.2 Å². The Morgan fingerprint density at radius 1 is 1.00 bits per heavy atom. The van der Waals surface area contributed by atoms with Crippen LogP contribution in [-0.2, 0) is 10.0 Å². The quantitative estimate of drug-likeness (QED) is 0.834. The highest BCUT2D eigenvalue weighted by Crippen LogP contribution is 2.30. The molecule has 0 atom stereocenters. The van der Waals surface area contributed by atoms with E-state index >= 15 is 0 Å². The third-order valence-electron chi connectivity index (χ3n) is 4.37. The molecular formula is C18H23N3O4S. The first kappa shape index (κ1) is 18.3. The number of nitrogens with zero attached hydrogens (tertiary/aromatic N) is 2. The molecule has 0 amide bonds. The number of benzene rings is 1. The Morgan fingerprint density at radius 2 is 1.73 bits per heavy atom. The Labute approximate surface area is 154 Å². The smallest absolute Gasteiger partial charge is 0.263 e. The summed E-state index contributed by atoms with van der Waals surface area (Å²) in [5.41, 5.74) is 1.01. The Bertz CT molecular complexity index is 847. The van der Waals surface area contributed by atoms with Gasteiger partial charge in [-0.2, -0.15) is 0 Å². The summed E-state index contributed by atoms with van der Waals surface area (Å²) >= 11 is 0. The lowest BCUT2D eigenvalue weighted by atomic mass is 10.1. The van der Waals surface area contributed by atoms with Gasteiger partial charge in [0.2, 0.25) is 0 Å². The molecular weight excluding hydrogens is 354 g/mol. The van der Waals surface area contributed by atoms with Gasteiger partial charge in [0.25, 0.3) is 10.0 Å². The third-order valence-corrected chi connectivity index (χ3v) is 5.73. The van der Waals surface area contributed by atoms with E-state index in [1.54, 1.807) is 18.3 Å². The highest BCUT2D eigenvalue weighted by Gasteiger charge is 2.18. The molecule has 1 aromatic carbocycles. The van der Waals surface area contributed by atoms with Crippen molar-refractivity contribution in [2.45, 2.75) is 24.2 Å². The van der Waals surface area contributed by atoms with Crippen LogP contribution in [-0.4, -0.2) is 40.7 Å². The SMILES string of the molecule is COc1ccc(S(=O)(=O)Nc2ccc(N3CCCCC3)cn2)cc1OC. The number of aromatic nitrogens is 1. The fraction of sp³-hybridized carbons (Fsp3) is 0.389. The van der Waals surface area contributed by atoms with Gasteiger partial charge in [-0.05, 0) is 43.5 Å². The van der Waals surface area contributed by atoms with Gasteiger partial charge in [0.1, 0.15) is 5.82 Å². The summed E-state index contributed by atoms with van der Waals surface area (Å²) in [5, 5.41) is 0. The summed E-state index contributed by atoms with van der Waals surface area (Å²) in [6.45, 7) is 2.02. The molecule has 1 aliphatic rings. The van der Waals surface area contributed by atoms with E-state index in [4.69, 9.17) is 9.47 Å². The minimum absolute atomic E-state index is 0.0806. The van der Waals surface area contributed by atoms with E-state index in [9.17, 15) is 8.42 Å². The zero-order chi connectivity index (χ0) is 18.6. The molecule has 0 aliphatic carbocycles. The normalized spacial score (nSPS) is 14.8. The van der Waals surface area contributed by atoms with Gasteiger partial charge in [-0.25, -0.2) is 13.4 Å². The van der Waals surface area contributed by atoms with Crippen LogP contribution in [0.1, 0.15) is 19.3 Å². The molecule has 1 aromatic heterocycles. The summed E-state index contributed by atoms with van der Waals surface area (Å²) < 4.78 is 38.0. The second kappa shape index (κ2) is 7.82. The van der Waals surface area contributed by atoms with E-state index in [0.29, 0.717) is 11.5 Å². The zero-order valence-corrected chi connectivity index (χ0v) is 15.8. The number of hydrogen-bond donors (Lipinski definition) is 1. The van der Waals surface area contributed by atoms with Gasteiger partial charge < -0.3 is 14.4 Å². The summed E-state index contributed by atoms with van der Waals surface area (Å²) in [6.07, 6.45) is 5.31. The fourth-order valence-corrected chi connectivity index (χ4v) is 3.99. The van der Waals surface area contributed by atoms with Crippen LogP contribution in [0.5, 0.6) is 11.5 Å². The number of methoxy groups -OCH3 is 2. The largest absolute Gasteiger partial charge is 0.493 e. The Hall–Kier alpha value is -2.48. The number of piperidine rings is 1. The van der Waals surface area contributed by atoms with Crippen molar-refractivity contribution in [1.82, 2.24) is 4.98 Å². The van der Waals surface area contributed by atoms with Gasteiger partial charge in [0.15, 0.2) is 11.5 Å². The molecule has 0 unspecified atom stereocenters. The van der Waals surface area contributed by atoms with Crippen molar-refractivity contribution < 1.29 is 17.9 Å². The van der Waals surface area contributed by atoms with Crippen LogP contribution in [0.3, 0.4) is 0 Å². The van der Waals surface area contributed by atoms with Crippen molar-refractivity contribution >= 4 is 21.5 Å². The average Bonchev–Trinajstić information content (AvgIpc) is 2.68. The van der Waals surface area contributed by atoms with E-state index < -0.39 is 10.0 Å². The number of nitrogens with one attached hydrogen (secondary N) is 1. The van der Waals surface area contributed by atoms with Gasteiger partial charge in [-0.1, -0.05) is 0 Å². The summed E-state index contributed by atoms with van der Waals surface area (Å²) in [4.78, 5) is 6.60. The first-order valence-electron chi connectivity index (χ1n) is 8.49. The summed E-state index contributed by atoms with van der Waals surface area (Å²) in [6, 6.07) is 8.02. The molecule has 2 aromatic rings. The molecule has 1 N–H and O–H groups in total. The number of sulfonamides is 1. The van der Waals surface area contributed by atoms with E-state index in [1.807, 2.05) is 6.07 Å². The van der Waals surface area contributed by atoms with Crippen molar-refractivity contribution in [2.75, 3.05) is 36.9 Å². The highest BCUT2D eigenvalue weighted by molar-refractivity contribution is 7.92. The number of anilines is 2. The van der Waals surface area contributed by atoms with Gasteiger partial charge in [0.05, 0.1) is 31.0 Å². The molecule has 7 nitrogen and oxygen atoms in total. The van der Waals surface area contributed by atoms with Crippen molar-refractivity contribution in [1.29, 1.82) is 0 Å². The van der Waals surface area contributed by atoms with E-state index in [2.05, 4.69) is 14.6 Å². The third kappa shape index (κ3) is 4.01. The molecule has 3 rings (SSSR count). The molecule has 0 saturated carbocycles. The fourth-order valence-electron chi connectivity index (χ4n) is 2.97. The van der Waals surface area contributed by atoms with Crippen LogP contribution >= 0.6 is 0 Å². The van der Waals surface area contributed by atoms with Gasteiger partial charge in [-0.15, -0.1) is 0 Å². The van der Waals surface area contributed by atoms with E-state index in [1.165, 1.54) is 45.6 Å². The topological polar surface area (TPSA) is 80.8 Å². The Balaban J connectivity index is 1.76. The predicted molar refractivity (Wildman–Crippen MR) is 101 cm³/mol. The average molecular weight is 377 g/mol. The van der Waals surface area contributed by atoms with Gasteiger partial charge in [-0.3, -0.25) is 4.72 Å². The molecule has 0 bridgehead atoms. The molecule has 0 radical (unpaired) electrons. The first-order valence-corrected chi connectivity index (χ1v) is 9.97. The number of ether oxygens (including phenoxy) is 2. The molecule has 2 heterocycles. The molecule has 140 valence electrons. The minimum atomic E-state index is -3.77. The van der Waals surface area contributed by atoms with Crippen LogP contribution in [0.2, 0.25) is 0 Å². The standard InChI is InChI=1S/C18H23N3O4S/c1-24-16-8-7-15(12-17(16)25-2)26(22,23)20-18-9-6-14(13-19-18)21-10-4-3-5-11-21/h6-9,12-13H,3-5,10-11H2,1-2H3,(H,19,20). The van der Waals surface area contributed by atoms with E-state index in [-0.39, 0.29) is 10.7 Å². The predicted octanol–water partition coefficient (Wildman–Crippen LogP) is 2.89. The van der Waals surface area contributed by atoms with Crippen molar-refractivity contribution in [3.63, 3.8) is 0 Å². The number of rotatable bonds is 6. The monoisotopic (exact) mass is 377 g/mol. The molecule has 0 spiro atoms. The number of hydrogen-bond acceptors (Lipinski definition) is 6. The molecule has 1 saturated heterocycles. The van der Waals surface area contributed by atoms with Crippen molar-refractivity contribution in [3.05, 3.63) is 36.5 Å². The molecule has 1 fully saturated rings. The van der Waals surface area contributed by atoms with Crippen LogP contribution in [0.25, 0.3) is 0 Å². The lowest BCUT2D eigenvalue weighted by molar-refractivity contribution is 0.354. The van der Waals surface area contributed by atoms with Crippen molar-refractivity contribution in [2.24, 2.45) is 0 Å². The zero-order valence-electron chi connectivity index (χ0n) is 14.9. The maximum atomic E-state index is 12.6. The van der Waals surface area contributed by atoms with Crippen molar-refractivity contribution in [3.8, 4) is 11.5 Å².